The van der Waals surface area contributed by atoms with Gasteiger partial charge in [0.25, 0.3) is 0 Å². The van der Waals surface area contributed by atoms with Gasteiger partial charge < -0.3 is 49.5 Å². The van der Waals surface area contributed by atoms with E-state index in [1.54, 1.807) is 34.6 Å². The third kappa shape index (κ3) is 16.8. The van der Waals surface area contributed by atoms with E-state index in [0.29, 0.717) is 44.4 Å². The van der Waals surface area contributed by atoms with Crippen molar-refractivity contribution in [1.29, 1.82) is 0 Å². The summed E-state index contributed by atoms with van der Waals surface area (Å²) < 4.78 is 91.1. The van der Waals surface area contributed by atoms with Gasteiger partial charge in [0, 0.05) is 69.2 Å². The molecule has 10 rings (SSSR count). The molecule has 4 aromatic rings. The van der Waals surface area contributed by atoms with E-state index in [-0.39, 0.29) is 94.4 Å². The Morgan fingerprint density at radius 2 is 1.36 bits per heavy atom. The Labute approximate surface area is 541 Å². The van der Waals surface area contributed by atoms with Gasteiger partial charge in [-0.1, -0.05) is 55.0 Å². The molecule has 6 aliphatic rings. The molecule has 29 heteroatoms. The summed E-state index contributed by atoms with van der Waals surface area (Å²) in [4.78, 5) is 75.8. The Hall–Kier alpha value is -7.51. The van der Waals surface area contributed by atoms with Crippen molar-refractivity contribution in [3.63, 3.8) is 0 Å². The fraction of sp³-hybridized carbons (Fsp3) is 0.508. The molecule has 4 aromatic heterocycles. The Bertz CT molecular complexity index is 3580. The third-order valence-corrected chi connectivity index (χ3v) is 20.2. The molecule has 0 bridgehead atoms. The number of amides is 2. The SMILES string of the molecule is C#CCOc1cnc(/C(F)=C/c2cnc(F)c([C@@]3(C)N=C(N(COCC[Si](C)(C)C)C(=O)OC(C)(C)C)S[C@@]4(C(=O)O)C[C@H]43)c2)cn1.C#CCOc1cnc(/C(F)=C/c2cnc(F)c([C@@]3(C)N=C(N)S[C@@]4(C(=O)N5CCOC[C@H]5C)C[C@H]43)c2)cn1.C[C@@H]1COCCN1. The van der Waals surface area contributed by atoms with Crippen molar-refractivity contribution in [2.24, 2.45) is 27.6 Å². The van der Waals surface area contributed by atoms with Gasteiger partial charge in [-0.25, -0.2) is 48.4 Å². The molecule has 0 unspecified atom stereocenters. The van der Waals surface area contributed by atoms with E-state index in [0.717, 1.165) is 60.9 Å². The Morgan fingerprint density at radius 1 is 0.815 bits per heavy atom. The second kappa shape index (κ2) is 29.2. The number of aliphatic carboxylic acids is 1. The van der Waals surface area contributed by atoms with E-state index < -0.39 is 75.8 Å². The number of carbonyl (C=O) groups is 3. The lowest BCUT2D eigenvalue weighted by Gasteiger charge is -2.39. The zero-order valence-corrected chi connectivity index (χ0v) is 55.6. The number of carboxylic acid groups (broad SMARTS) is 1. The molecule has 4 aliphatic heterocycles. The van der Waals surface area contributed by atoms with Gasteiger partial charge in [0.05, 0.1) is 68.3 Å². The van der Waals surface area contributed by atoms with Crippen LogP contribution in [0.15, 0.2) is 59.3 Å². The summed E-state index contributed by atoms with van der Waals surface area (Å²) in [6.07, 6.45) is 19.6. The number of fused-ring (bicyclic) bond motifs is 2. The van der Waals surface area contributed by atoms with Gasteiger partial charge in [0.2, 0.25) is 29.6 Å². The number of amidine groups is 2. The molecule has 8 heterocycles. The number of hydrogen-bond acceptors (Lipinski definition) is 21. The summed E-state index contributed by atoms with van der Waals surface area (Å²) in [6, 6.07) is 4.17. The maximum absolute atomic E-state index is 15.6. The summed E-state index contributed by atoms with van der Waals surface area (Å²) in [5, 5.41) is 13.8. The number of nitrogens with two attached hydrogens (primary N) is 1. The molecular formula is C63H76F4N12O10S2Si. The summed E-state index contributed by atoms with van der Waals surface area (Å²) >= 11 is 2.15. The van der Waals surface area contributed by atoms with Gasteiger partial charge in [-0.15, -0.1) is 12.8 Å². The van der Waals surface area contributed by atoms with Crippen LogP contribution in [-0.4, -0.2) is 174 Å². The number of aromatic nitrogens is 6. The van der Waals surface area contributed by atoms with Crippen LogP contribution in [0.2, 0.25) is 25.7 Å². The Balaban J connectivity index is 0.000000217. The molecule has 8 atom stereocenters. The fourth-order valence-corrected chi connectivity index (χ4v) is 14.4. The van der Waals surface area contributed by atoms with Gasteiger partial charge >= 0.3 is 12.1 Å². The van der Waals surface area contributed by atoms with Gasteiger partial charge in [-0.2, -0.15) is 8.78 Å². The van der Waals surface area contributed by atoms with E-state index in [4.69, 9.17) is 52.0 Å². The average Bonchev–Trinajstić information content (AvgIpc) is 1.53. The van der Waals surface area contributed by atoms with Gasteiger partial charge in [0.1, 0.15) is 33.2 Å². The number of carbonyl (C=O) groups excluding carboxylic acids is 2. The van der Waals surface area contributed by atoms with Crippen molar-refractivity contribution in [2.45, 2.75) is 125 Å². The maximum atomic E-state index is 15.6. The number of morpholine rings is 2. The second-order valence-electron chi connectivity index (χ2n) is 25.2. The number of thioether (sulfide) groups is 2. The second-order valence-corrected chi connectivity index (χ2v) is 33.5. The average molecular weight is 1330 g/mol. The van der Waals surface area contributed by atoms with Gasteiger partial charge in [0.15, 0.2) is 35.2 Å². The van der Waals surface area contributed by atoms with Crippen LogP contribution in [0.5, 0.6) is 11.8 Å². The molecule has 0 radical (unpaired) electrons. The Kier molecular flexibility index (Phi) is 22.3. The van der Waals surface area contributed by atoms with E-state index >= 15 is 13.2 Å². The largest absolute Gasteiger partial charge is 0.480 e. The fourth-order valence-electron chi connectivity index (χ4n) is 10.7. The van der Waals surface area contributed by atoms with E-state index in [1.807, 2.05) is 11.8 Å². The van der Waals surface area contributed by atoms with Gasteiger partial charge in [-0.3, -0.25) is 19.6 Å². The molecule has 4 fully saturated rings. The highest BCUT2D eigenvalue weighted by atomic mass is 32.2. The number of nitrogens with one attached hydrogen (secondary N) is 1. The van der Waals surface area contributed by atoms with Crippen LogP contribution < -0.4 is 20.5 Å². The lowest BCUT2D eigenvalue weighted by atomic mass is 9.86. The molecule has 2 saturated carbocycles. The minimum atomic E-state index is -1.50. The van der Waals surface area contributed by atoms with E-state index in [9.17, 15) is 23.9 Å². The number of rotatable bonds is 17. The van der Waals surface area contributed by atoms with Crippen LogP contribution in [0.3, 0.4) is 0 Å². The predicted octanol–water partition coefficient (Wildman–Crippen LogP) is 8.97. The number of terminal acetylenes is 2. The van der Waals surface area contributed by atoms with Crippen molar-refractivity contribution in [3.05, 3.63) is 94.9 Å². The molecular weight excluding hydrogens is 1250 g/mol. The quantitative estimate of drug-likeness (QED) is 0.0222. The first-order chi connectivity index (χ1) is 43.5. The zero-order valence-electron chi connectivity index (χ0n) is 52.9. The highest BCUT2D eigenvalue weighted by Gasteiger charge is 2.73. The van der Waals surface area contributed by atoms with Crippen molar-refractivity contribution >= 4 is 83.7 Å². The minimum absolute atomic E-state index is 0.0137. The molecule has 2 amide bonds. The van der Waals surface area contributed by atoms with Crippen LogP contribution in [0, 0.1) is 48.4 Å². The number of ether oxygens (including phenoxy) is 6. The van der Waals surface area contributed by atoms with Crippen molar-refractivity contribution in [2.75, 3.05) is 66.1 Å². The third-order valence-electron chi connectivity index (χ3n) is 15.7. The van der Waals surface area contributed by atoms with Crippen molar-refractivity contribution < 1.29 is 65.5 Å². The molecule has 2 aliphatic carbocycles. The summed E-state index contributed by atoms with van der Waals surface area (Å²) in [5.41, 5.74) is 3.07. The smallest absolute Gasteiger partial charge is 0.418 e. The van der Waals surface area contributed by atoms with Crippen LogP contribution in [0.1, 0.15) is 94.9 Å². The number of pyridine rings is 2. The molecule has 4 N–H and O–H groups in total. The number of hydrogen-bond donors (Lipinski definition) is 3. The molecule has 22 nitrogen and oxygen atoms in total. The topological polar surface area (TPSA) is 273 Å². The first kappa shape index (κ1) is 70.4. The molecule has 92 heavy (non-hydrogen) atoms. The molecule has 2 saturated heterocycles. The monoisotopic (exact) mass is 1330 g/mol. The molecule has 0 aromatic carbocycles. The van der Waals surface area contributed by atoms with Crippen LogP contribution >= 0.6 is 23.5 Å². The minimum Gasteiger partial charge on any atom is -0.480 e. The maximum Gasteiger partial charge on any atom is 0.418 e. The van der Waals surface area contributed by atoms with Crippen LogP contribution in [0.25, 0.3) is 23.8 Å². The lowest BCUT2D eigenvalue weighted by molar-refractivity contribution is -0.140. The van der Waals surface area contributed by atoms with Crippen molar-refractivity contribution in [1.82, 2.24) is 45.0 Å². The normalized spacial score (nSPS) is 25.8. The highest BCUT2D eigenvalue weighted by molar-refractivity contribution is 8.16. The number of nitrogens with zero attached hydrogens (tertiary/aromatic N) is 10. The first-order valence-electron chi connectivity index (χ1n) is 29.6. The highest BCUT2D eigenvalue weighted by Crippen LogP contribution is 2.68. The molecule has 0 spiro atoms. The van der Waals surface area contributed by atoms with Crippen molar-refractivity contribution in [3.8, 4) is 36.4 Å². The zero-order chi connectivity index (χ0) is 67.0. The van der Waals surface area contributed by atoms with E-state index in [1.165, 1.54) is 54.8 Å². The Morgan fingerprint density at radius 3 is 1.83 bits per heavy atom. The summed E-state index contributed by atoms with van der Waals surface area (Å²) in [7, 11) is -1.46. The molecule has 492 valence electrons. The van der Waals surface area contributed by atoms with Crippen LogP contribution in [-0.2, 0) is 39.6 Å². The lowest BCUT2D eigenvalue weighted by Crippen LogP contribution is -2.53. The predicted molar refractivity (Wildman–Crippen MR) is 345 cm³/mol. The standard InChI is InChI=1S/C32H39F2N5O6SSi.C26H26F2N6O3S.C5H11NO/c1-9-10-44-25-18-35-23(17-36-25)22(33)14-20-13-21(26(34)37-16-20)31(5)24-15-32(24,27(40)41)46-28(38-31)39(29(42)45-30(2,3)4)19-43-11-12-47(6,7)8;1-4-6-37-21-13-30-19(12-31-21)18(27)9-16-8-17(22(28)32-11-16)25(3)20-10-26(20,38-24(29)33-25)23(35)34-5-7-36-14-15(34)2;1-5-4-7-3-2-6-5/h1,13-14,16-18,24H,10-12,15,19H2,2-8H3,(H,40,41);1,8-9,11-13,15,20H,5-7,10,14H2,2-3H3,(H2,29,33);5-6H,2-4H2,1H3/b22-14-;18-9-;/t24-,31+,32-;15-,20+,25-,26+;5-/m011/s1. The first-order valence-corrected chi connectivity index (χ1v) is 35.0. The van der Waals surface area contributed by atoms with Crippen LogP contribution in [0.4, 0.5) is 22.4 Å². The number of carboxylic acids is 1. The van der Waals surface area contributed by atoms with Gasteiger partial charge in [-0.05, 0) is 103 Å². The number of aliphatic imine (C=N–C) groups is 2. The summed E-state index contributed by atoms with van der Waals surface area (Å²) in [6.45, 7) is 23.4. The number of halogens is 4. The summed E-state index contributed by atoms with van der Waals surface area (Å²) in [5.74, 6) is -0.402. The van der Waals surface area contributed by atoms with E-state index in [2.05, 4.69) is 78.6 Å².